The molecule has 0 saturated carbocycles. The van der Waals surface area contributed by atoms with E-state index in [1.54, 1.807) is 0 Å². The molecule has 0 radical (unpaired) electrons. The first-order chi connectivity index (χ1) is 8.98. The first kappa shape index (κ1) is 14.3. The molecule has 0 aromatic heterocycles. The molecule has 1 aliphatic rings. The summed E-state index contributed by atoms with van der Waals surface area (Å²) in [5, 5.41) is 3.18. The van der Waals surface area contributed by atoms with Gasteiger partial charge in [-0.05, 0) is 42.8 Å². The lowest BCUT2D eigenvalue weighted by Crippen LogP contribution is -2.37. The van der Waals surface area contributed by atoms with E-state index in [1.165, 1.54) is 5.56 Å². The summed E-state index contributed by atoms with van der Waals surface area (Å²) in [5.74, 6) is 1.03. The molecule has 0 spiro atoms. The summed E-state index contributed by atoms with van der Waals surface area (Å²) in [6.07, 6.45) is 1.51. The Morgan fingerprint density at radius 1 is 1.53 bits per heavy atom. The predicted molar refractivity (Wildman–Crippen MR) is 79.2 cm³/mol. The molecule has 1 heterocycles. The molecule has 1 saturated heterocycles. The van der Waals surface area contributed by atoms with Crippen LogP contribution in [0.1, 0.15) is 18.9 Å². The van der Waals surface area contributed by atoms with Gasteiger partial charge in [-0.3, -0.25) is 0 Å². The van der Waals surface area contributed by atoms with Gasteiger partial charge < -0.3 is 10.1 Å². The summed E-state index contributed by atoms with van der Waals surface area (Å²) in [6, 6.07) is 7.56. The van der Waals surface area contributed by atoms with Gasteiger partial charge in [-0.15, -0.1) is 0 Å². The van der Waals surface area contributed by atoms with Crippen LogP contribution in [0.15, 0.2) is 24.3 Å². The van der Waals surface area contributed by atoms with Gasteiger partial charge in [-0.25, -0.2) is 8.42 Å². The minimum absolute atomic E-state index is 0.130. The third-order valence-corrected chi connectivity index (χ3v) is 5.04. The van der Waals surface area contributed by atoms with Crippen molar-refractivity contribution in [1.82, 2.24) is 5.32 Å². The molecule has 2 rings (SSSR count). The summed E-state index contributed by atoms with van der Waals surface area (Å²) in [7, 11) is -2.90. The molecule has 1 aromatic rings. The van der Waals surface area contributed by atoms with E-state index in [4.69, 9.17) is 17.0 Å². The molecule has 1 fully saturated rings. The van der Waals surface area contributed by atoms with E-state index < -0.39 is 9.84 Å². The summed E-state index contributed by atoms with van der Waals surface area (Å²) >= 11 is 5.10. The van der Waals surface area contributed by atoms with Gasteiger partial charge in [0.2, 0.25) is 0 Å². The number of aryl methyl sites for hydroxylation is 1. The van der Waals surface area contributed by atoms with Crippen molar-refractivity contribution in [1.29, 1.82) is 0 Å². The summed E-state index contributed by atoms with van der Waals surface area (Å²) in [4.78, 5) is 0. The highest BCUT2D eigenvalue weighted by atomic mass is 32.2. The quantitative estimate of drug-likeness (QED) is 0.861. The average molecular weight is 299 g/mol. The van der Waals surface area contributed by atoms with Crippen molar-refractivity contribution < 1.29 is 13.2 Å². The van der Waals surface area contributed by atoms with Gasteiger partial charge in [0.1, 0.15) is 5.75 Å². The van der Waals surface area contributed by atoms with Crippen molar-refractivity contribution in [2.75, 3.05) is 11.5 Å². The van der Waals surface area contributed by atoms with Crippen molar-refractivity contribution in [2.24, 2.45) is 0 Å². The number of ether oxygens (including phenoxy) is 1. The smallest absolute Gasteiger partial charge is 0.262 e. The lowest BCUT2D eigenvalue weighted by atomic mass is 10.2. The fourth-order valence-electron chi connectivity index (χ4n) is 2.04. The maximum Gasteiger partial charge on any atom is 0.262 e. The van der Waals surface area contributed by atoms with Crippen LogP contribution in [0.5, 0.6) is 5.75 Å². The van der Waals surface area contributed by atoms with Gasteiger partial charge in [-0.2, -0.15) is 0 Å². The average Bonchev–Trinajstić information content (AvgIpc) is 2.68. The van der Waals surface area contributed by atoms with Gasteiger partial charge in [-0.1, -0.05) is 19.1 Å². The molecule has 1 atom stereocenters. The predicted octanol–water partition coefficient (Wildman–Crippen LogP) is 1.69. The Balaban J connectivity index is 1.91. The van der Waals surface area contributed by atoms with E-state index in [0.29, 0.717) is 12.2 Å². The number of rotatable bonds is 3. The second kappa shape index (κ2) is 5.88. The second-order valence-corrected chi connectivity index (χ2v) is 7.23. The topological polar surface area (TPSA) is 55.4 Å². The fraction of sp³-hybridized carbons (Fsp3) is 0.462. The molecule has 1 aromatic carbocycles. The highest BCUT2D eigenvalue weighted by Crippen LogP contribution is 2.15. The Kier molecular flexibility index (Phi) is 4.42. The number of thiocarbonyl (C=S) groups is 1. The van der Waals surface area contributed by atoms with Crippen molar-refractivity contribution in [3.05, 3.63) is 29.8 Å². The zero-order chi connectivity index (χ0) is 13.9. The molecular formula is C13H17NO3S2. The van der Waals surface area contributed by atoms with Crippen molar-refractivity contribution >= 4 is 27.2 Å². The minimum Gasteiger partial charge on any atom is -0.432 e. The van der Waals surface area contributed by atoms with Crippen LogP contribution in [0, 0.1) is 0 Å². The second-order valence-electron chi connectivity index (χ2n) is 4.63. The highest BCUT2D eigenvalue weighted by Gasteiger charge is 2.28. The van der Waals surface area contributed by atoms with E-state index >= 15 is 0 Å². The van der Waals surface area contributed by atoms with Crippen LogP contribution in [-0.2, 0) is 16.3 Å². The van der Waals surface area contributed by atoms with Crippen molar-refractivity contribution in [3.8, 4) is 5.75 Å². The Hall–Kier alpha value is -1.14. The molecule has 0 aliphatic carbocycles. The van der Waals surface area contributed by atoms with E-state index in [1.807, 2.05) is 24.3 Å². The maximum absolute atomic E-state index is 11.3. The van der Waals surface area contributed by atoms with E-state index in [-0.39, 0.29) is 22.7 Å². The number of sulfone groups is 1. The van der Waals surface area contributed by atoms with Crippen LogP contribution >= 0.6 is 12.2 Å². The normalized spacial score (nSPS) is 21.0. The van der Waals surface area contributed by atoms with Crippen LogP contribution in [0.4, 0.5) is 0 Å². The van der Waals surface area contributed by atoms with Gasteiger partial charge in [0, 0.05) is 6.04 Å². The SMILES string of the molecule is CCc1cccc(OC(=S)NC2CCS(=O)(=O)C2)c1. The van der Waals surface area contributed by atoms with E-state index in [9.17, 15) is 8.42 Å². The lowest BCUT2D eigenvalue weighted by molar-refractivity contribution is 0.509. The Labute approximate surface area is 119 Å². The monoisotopic (exact) mass is 299 g/mol. The maximum atomic E-state index is 11.3. The zero-order valence-corrected chi connectivity index (χ0v) is 12.4. The summed E-state index contributed by atoms with van der Waals surface area (Å²) in [6.45, 7) is 2.07. The lowest BCUT2D eigenvalue weighted by Gasteiger charge is -2.14. The van der Waals surface area contributed by atoms with E-state index in [2.05, 4.69) is 12.2 Å². The molecule has 1 aliphatic heterocycles. The third-order valence-electron chi connectivity index (χ3n) is 3.07. The number of benzene rings is 1. The van der Waals surface area contributed by atoms with E-state index in [0.717, 1.165) is 6.42 Å². The molecule has 0 amide bonds. The highest BCUT2D eigenvalue weighted by molar-refractivity contribution is 7.91. The molecule has 6 heteroatoms. The Bertz CT molecular complexity index is 569. The molecular weight excluding hydrogens is 282 g/mol. The first-order valence-corrected chi connectivity index (χ1v) is 8.49. The molecule has 4 nitrogen and oxygen atoms in total. The minimum atomic E-state index is -2.90. The molecule has 1 N–H and O–H groups in total. The summed E-state index contributed by atoms with van der Waals surface area (Å²) in [5.41, 5.74) is 1.17. The van der Waals surface area contributed by atoms with Crippen molar-refractivity contribution in [3.63, 3.8) is 0 Å². The molecule has 1 unspecified atom stereocenters. The number of hydrogen-bond donors (Lipinski definition) is 1. The zero-order valence-electron chi connectivity index (χ0n) is 10.8. The van der Waals surface area contributed by atoms with Gasteiger partial charge in [0.25, 0.3) is 5.17 Å². The van der Waals surface area contributed by atoms with Gasteiger partial charge in [0.15, 0.2) is 9.84 Å². The Morgan fingerprint density at radius 2 is 2.32 bits per heavy atom. The Morgan fingerprint density at radius 3 is 2.95 bits per heavy atom. The molecule has 104 valence electrons. The first-order valence-electron chi connectivity index (χ1n) is 6.26. The summed E-state index contributed by atoms with van der Waals surface area (Å²) < 4.78 is 28.2. The van der Waals surface area contributed by atoms with Gasteiger partial charge in [0.05, 0.1) is 11.5 Å². The fourth-order valence-corrected chi connectivity index (χ4v) is 3.98. The van der Waals surface area contributed by atoms with Crippen LogP contribution in [0.25, 0.3) is 0 Å². The number of nitrogens with one attached hydrogen (secondary N) is 1. The third kappa shape index (κ3) is 4.18. The van der Waals surface area contributed by atoms with Crippen molar-refractivity contribution in [2.45, 2.75) is 25.8 Å². The standard InChI is InChI=1S/C13H17NO3S2/c1-2-10-4-3-5-12(8-10)17-13(18)14-11-6-7-19(15,16)9-11/h3-5,8,11H,2,6-7,9H2,1H3,(H,14,18). The molecule has 0 bridgehead atoms. The van der Waals surface area contributed by atoms with Crippen LogP contribution in [-0.4, -0.2) is 31.1 Å². The number of hydrogen-bond acceptors (Lipinski definition) is 4. The largest absolute Gasteiger partial charge is 0.432 e. The molecule has 19 heavy (non-hydrogen) atoms. The van der Waals surface area contributed by atoms with Crippen LogP contribution in [0.2, 0.25) is 0 Å². The van der Waals surface area contributed by atoms with Gasteiger partial charge >= 0.3 is 0 Å². The van der Waals surface area contributed by atoms with Crippen LogP contribution in [0.3, 0.4) is 0 Å². The van der Waals surface area contributed by atoms with Crippen LogP contribution < -0.4 is 10.1 Å².